The first-order valence-electron chi connectivity index (χ1n) is 4.63. The molecule has 0 saturated carbocycles. The summed E-state index contributed by atoms with van der Waals surface area (Å²) in [5, 5.41) is 8.52. The highest BCUT2D eigenvalue weighted by Gasteiger charge is 1.91. The van der Waals surface area contributed by atoms with Gasteiger partial charge in [-0.15, -0.1) is 0 Å². The average Bonchev–Trinajstić information content (AvgIpc) is 2.25. The number of benzene rings is 1. The van der Waals surface area contributed by atoms with Crippen LogP contribution >= 0.6 is 11.8 Å². The predicted octanol–water partition coefficient (Wildman–Crippen LogP) is 2.28. The largest absolute Gasteiger partial charge is 0.384 e. The van der Waals surface area contributed by atoms with Crippen LogP contribution in [0.3, 0.4) is 0 Å². The molecule has 74 valence electrons. The summed E-state index contributed by atoms with van der Waals surface area (Å²) in [6.07, 6.45) is 0. The molecule has 2 heteroatoms. The van der Waals surface area contributed by atoms with Crippen molar-refractivity contribution >= 4 is 11.8 Å². The van der Waals surface area contributed by atoms with E-state index in [0.717, 1.165) is 17.1 Å². The van der Waals surface area contributed by atoms with E-state index in [1.54, 1.807) is 0 Å². The van der Waals surface area contributed by atoms with Crippen molar-refractivity contribution in [2.75, 3.05) is 12.4 Å². The Morgan fingerprint density at radius 2 is 2.00 bits per heavy atom. The minimum Gasteiger partial charge on any atom is -0.384 e. The third-order valence-corrected chi connectivity index (χ3v) is 2.68. The Morgan fingerprint density at radius 3 is 2.57 bits per heavy atom. The van der Waals surface area contributed by atoms with Crippen LogP contribution in [0.5, 0.6) is 0 Å². The van der Waals surface area contributed by atoms with Crippen LogP contribution in [0, 0.1) is 11.8 Å². The van der Waals surface area contributed by atoms with Gasteiger partial charge in [0.05, 0.1) is 0 Å². The summed E-state index contributed by atoms with van der Waals surface area (Å²) in [6, 6.07) is 8.16. The lowest BCUT2D eigenvalue weighted by molar-refractivity contribution is 0.350. The third kappa shape index (κ3) is 3.87. The zero-order valence-electron chi connectivity index (χ0n) is 8.29. The molecule has 1 N–H and O–H groups in total. The minimum atomic E-state index is -0.0760. The van der Waals surface area contributed by atoms with Crippen molar-refractivity contribution < 1.29 is 5.11 Å². The van der Waals surface area contributed by atoms with Crippen LogP contribution in [0.15, 0.2) is 24.3 Å². The van der Waals surface area contributed by atoms with Gasteiger partial charge in [0.2, 0.25) is 0 Å². The van der Waals surface area contributed by atoms with E-state index in [1.807, 2.05) is 23.9 Å². The molecule has 0 fully saturated rings. The summed E-state index contributed by atoms with van der Waals surface area (Å²) in [5.41, 5.74) is 2.29. The van der Waals surface area contributed by atoms with Gasteiger partial charge in [0.25, 0.3) is 0 Å². The Labute approximate surface area is 89.5 Å². The van der Waals surface area contributed by atoms with Crippen LogP contribution in [0.1, 0.15) is 18.1 Å². The average molecular weight is 206 g/mol. The SMILES string of the molecule is CCSCc1ccc(C#CCO)cc1. The fourth-order valence-electron chi connectivity index (χ4n) is 1.05. The summed E-state index contributed by atoms with van der Waals surface area (Å²) < 4.78 is 0. The van der Waals surface area contributed by atoms with Crippen molar-refractivity contribution in [2.24, 2.45) is 0 Å². The molecule has 0 aliphatic heterocycles. The van der Waals surface area contributed by atoms with Gasteiger partial charge >= 0.3 is 0 Å². The van der Waals surface area contributed by atoms with Gasteiger partial charge in [0.15, 0.2) is 0 Å². The summed E-state index contributed by atoms with van der Waals surface area (Å²) >= 11 is 1.91. The molecule has 0 amide bonds. The molecule has 0 spiro atoms. The maximum Gasteiger partial charge on any atom is 0.104 e. The Bertz CT molecular complexity index is 318. The molecule has 0 bridgehead atoms. The Balaban J connectivity index is 2.59. The fourth-order valence-corrected chi connectivity index (χ4v) is 1.68. The first-order valence-corrected chi connectivity index (χ1v) is 5.78. The smallest absolute Gasteiger partial charge is 0.104 e. The van der Waals surface area contributed by atoms with Gasteiger partial charge in [0, 0.05) is 11.3 Å². The van der Waals surface area contributed by atoms with Crippen molar-refractivity contribution in [3.63, 3.8) is 0 Å². The second-order valence-corrected chi connectivity index (χ2v) is 4.07. The maximum absolute atomic E-state index is 8.52. The van der Waals surface area contributed by atoms with E-state index >= 15 is 0 Å². The monoisotopic (exact) mass is 206 g/mol. The molecular formula is C12H14OS. The molecule has 1 nitrogen and oxygen atoms in total. The predicted molar refractivity (Wildman–Crippen MR) is 62.2 cm³/mol. The first kappa shape index (κ1) is 11.2. The standard InChI is InChI=1S/C12H14OS/c1-2-14-10-12-7-5-11(6-8-12)4-3-9-13/h5-8,13H,2,9-10H2,1H3. The Morgan fingerprint density at radius 1 is 1.29 bits per heavy atom. The van der Waals surface area contributed by atoms with E-state index in [1.165, 1.54) is 5.56 Å². The topological polar surface area (TPSA) is 20.2 Å². The molecule has 14 heavy (non-hydrogen) atoms. The number of thioether (sulfide) groups is 1. The molecule has 1 aromatic carbocycles. The van der Waals surface area contributed by atoms with Gasteiger partial charge in [-0.25, -0.2) is 0 Å². The van der Waals surface area contributed by atoms with Gasteiger partial charge in [0.1, 0.15) is 6.61 Å². The van der Waals surface area contributed by atoms with Gasteiger partial charge in [-0.3, -0.25) is 0 Å². The van der Waals surface area contributed by atoms with Crippen molar-refractivity contribution in [3.8, 4) is 11.8 Å². The molecule has 0 aliphatic carbocycles. The van der Waals surface area contributed by atoms with Crippen molar-refractivity contribution in [3.05, 3.63) is 35.4 Å². The lowest BCUT2D eigenvalue weighted by Gasteiger charge is -1.98. The molecule has 0 saturated heterocycles. The van der Waals surface area contributed by atoms with E-state index in [0.29, 0.717) is 0 Å². The second kappa shape index (κ2) is 6.53. The van der Waals surface area contributed by atoms with Crippen molar-refractivity contribution in [2.45, 2.75) is 12.7 Å². The minimum absolute atomic E-state index is 0.0760. The molecule has 0 radical (unpaired) electrons. The summed E-state index contributed by atoms with van der Waals surface area (Å²) in [5.74, 6) is 7.70. The number of rotatable bonds is 3. The number of aliphatic hydroxyl groups excluding tert-OH is 1. The van der Waals surface area contributed by atoms with E-state index in [-0.39, 0.29) is 6.61 Å². The van der Waals surface area contributed by atoms with Crippen LogP contribution < -0.4 is 0 Å². The fraction of sp³-hybridized carbons (Fsp3) is 0.333. The first-order chi connectivity index (χ1) is 6.86. The zero-order chi connectivity index (χ0) is 10.2. The molecule has 1 rings (SSSR count). The molecule has 0 aromatic heterocycles. The molecule has 0 heterocycles. The third-order valence-electron chi connectivity index (χ3n) is 1.74. The van der Waals surface area contributed by atoms with Crippen LogP contribution in [0.25, 0.3) is 0 Å². The van der Waals surface area contributed by atoms with Crippen LogP contribution in [0.4, 0.5) is 0 Å². The number of aliphatic hydroxyl groups is 1. The summed E-state index contributed by atoms with van der Waals surface area (Å²) in [7, 11) is 0. The highest BCUT2D eigenvalue weighted by molar-refractivity contribution is 7.98. The van der Waals surface area contributed by atoms with Crippen LogP contribution in [0.2, 0.25) is 0 Å². The number of hydrogen-bond donors (Lipinski definition) is 1. The van der Waals surface area contributed by atoms with E-state index in [9.17, 15) is 0 Å². The van der Waals surface area contributed by atoms with Gasteiger partial charge in [-0.1, -0.05) is 30.9 Å². The van der Waals surface area contributed by atoms with Crippen LogP contribution in [-0.2, 0) is 5.75 Å². The van der Waals surface area contributed by atoms with E-state index < -0.39 is 0 Å². The van der Waals surface area contributed by atoms with Crippen molar-refractivity contribution in [1.29, 1.82) is 0 Å². The highest BCUT2D eigenvalue weighted by atomic mass is 32.2. The van der Waals surface area contributed by atoms with Gasteiger partial charge in [-0.2, -0.15) is 11.8 Å². The zero-order valence-corrected chi connectivity index (χ0v) is 9.10. The van der Waals surface area contributed by atoms with E-state index in [2.05, 4.69) is 30.9 Å². The van der Waals surface area contributed by atoms with Crippen molar-refractivity contribution in [1.82, 2.24) is 0 Å². The summed E-state index contributed by atoms with van der Waals surface area (Å²) in [6.45, 7) is 2.08. The maximum atomic E-state index is 8.52. The lowest BCUT2D eigenvalue weighted by Crippen LogP contribution is -1.82. The molecule has 1 aromatic rings. The second-order valence-electron chi connectivity index (χ2n) is 2.79. The normalized spacial score (nSPS) is 9.29. The molecule has 0 unspecified atom stereocenters. The highest BCUT2D eigenvalue weighted by Crippen LogP contribution is 2.12. The molecule has 0 atom stereocenters. The van der Waals surface area contributed by atoms with Gasteiger partial charge < -0.3 is 5.11 Å². The van der Waals surface area contributed by atoms with Crippen LogP contribution in [-0.4, -0.2) is 17.5 Å². The summed E-state index contributed by atoms with van der Waals surface area (Å²) in [4.78, 5) is 0. The van der Waals surface area contributed by atoms with E-state index in [4.69, 9.17) is 5.11 Å². The Kier molecular flexibility index (Phi) is 5.21. The Hall–Kier alpha value is -0.910. The lowest BCUT2D eigenvalue weighted by atomic mass is 10.1. The molecule has 0 aliphatic rings. The quantitative estimate of drug-likeness (QED) is 0.766. The van der Waals surface area contributed by atoms with Gasteiger partial charge in [-0.05, 0) is 23.4 Å². The number of hydrogen-bond acceptors (Lipinski definition) is 2. The molecular weight excluding hydrogens is 192 g/mol.